The van der Waals surface area contributed by atoms with Gasteiger partial charge in [0, 0.05) is 19.2 Å². The lowest BCUT2D eigenvalue weighted by Crippen LogP contribution is -2.25. The van der Waals surface area contributed by atoms with E-state index < -0.39 is 0 Å². The molecule has 112 valence electrons. The molecule has 0 radical (unpaired) electrons. The SMILES string of the molecule is C=CCOc1ccc(C=CC(=O)N2CCCC2)cc1OC. The highest BCUT2D eigenvalue weighted by molar-refractivity contribution is 5.92. The van der Waals surface area contributed by atoms with Crippen LogP contribution in [-0.4, -0.2) is 37.6 Å². The zero-order valence-corrected chi connectivity index (χ0v) is 12.4. The Hall–Kier alpha value is -2.23. The molecule has 0 spiro atoms. The predicted octanol–water partition coefficient (Wildman–Crippen LogP) is 2.90. The molecule has 1 aromatic carbocycles. The zero-order chi connectivity index (χ0) is 15.1. The fraction of sp³-hybridized carbons (Fsp3) is 0.353. The third kappa shape index (κ3) is 4.12. The number of ether oxygens (including phenoxy) is 2. The zero-order valence-electron chi connectivity index (χ0n) is 12.4. The lowest BCUT2D eigenvalue weighted by molar-refractivity contribution is -0.124. The topological polar surface area (TPSA) is 38.8 Å². The van der Waals surface area contributed by atoms with Crippen molar-refractivity contribution < 1.29 is 14.3 Å². The Labute approximate surface area is 125 Å². The van der Waals surface area contributed by atoms with E-state index in [1.807, 2.05) is 23.1 Å². The van der Waals surface area contributed by atoms with Crippen molar-refractivity contribution >= 4 is 12.0 Å². The van der Waals surface area contributed by atoms with Gasteiger partial charge >= 0.3 is 0 Å². The Morgan fingerprint density at radius 3 is 2.76 bits per heavy atom. The van der Waals surface area contributed by atoms with Crippen molar-refractivity contribution in [2.75, 3.05) is 26.8 Å². The summed E-state index contributed by atoms with van der Waals surface area (Å²) in [5, 5.41) is 0. The van der Waals surface area contributed by atoms with Gasteiger partial charge in [0.1, 0.15) is 6.61 Å². The number of amides is 1. The van der Waals surface area contributed by atoms with Crippen LogP contribution in [0, 0.1) is 0 Å². The predicted molar refractivity (Wildman–Crippen MR) is 83.5 cm³/mol. The van der Waals surface area contributed by atoms with Crippen molar-refractivity contribution in [1.82, 2.24) is 4.90 Å². The number of carbonyl (C=O) groups excluding carboxylic acids is 1. The second-order valence-electron chi connectivity index (χ2n) is 4.88. The van der Waals surface area contributed by atoms with Gasteiger partial charge in [-0.25, -0.2) is 0 Å². The van der Waals surface area contributed by atoms with Gasteiger partial charge < -0.3 is 14.4 Å². The summed E-state index contributed by atoms with van der Waals surface area (Å²) in [6.07, 6.45) is 7.30. The molecule has 2 rings (SSSR count). The van der Waals surface area contributed by atoms with Crippen LogP contribution in [0.5, 0.6) is 11.5 Å². The van der Waals surface area contributed by atoms with E-state index in [1.54, 1.807) is 25.3 Å². The fourth-order valence-electron chi connectivity index (χ4n) is 2.27. The summed E-state index contributed by atoms with van der Waals surface area (Å²) in [4.78, 5) is 13.8. The van der Waals surface area contributed by atoms with Crippen LogP contribution in [0.2, 0.25) is 0 Å². The van der Waals surface area contributed by atoms with Crippen LogP contribution in [0.3, 0.4) is 0 Å². The molecule has 4 heteroatoms. The molecule has 0 unspecified atom stereocenters. The molecule has 1 heterocycles. The van der Waals surface area contributed by atoms with Crippen molar-refractivity contribution in [3.8, 4) is 11.5 Å². The van der Waals surface area contributed by atoms with E-state index in [9.17, 15) is 4.79 Å². The van der Waals surface area contributed by atoms with E-state index in [0.717, 1.165) is 31.5 Å². The van der Waals surface area contributed by atoms with Gasteiger partial charge in [-0.05, 0) is 36.6 Å². The molecule has 1 aromatic rings. The van der Waals surface area contributed by atoms with Crippen LogP contribution in [-0.2, 0) is 4.79 Å². The summed E-state index contributed by atoms with van der Waals surface area (Å²) in [5.74, 6) is 1.38. The molecule has 1 amide bonds. The van der Waals surface area contributed by atoms with E-state index in [4.69, 9.17) is 9.47 Å². The van der Waals surface area contributed by atoms with Gasteiger partial charge in [0.15, 0.2) is 11.5 Å². The van der Waals surface area contributed by atoms with Crippen molar-refractivity contribution in [3.63, 3.8) is 0 Å². The maximum atomic E-state index is 12.0. The molecule has 21 heavy (non-hydrogen) atoms. The first kappa shape index (κ1) is 15.2. The van der Waals surface area contributed by atoms with Gasteiger partial charge in [0.05, 0.1) is 7.11 Å². The molecule has 0 saturated carbocycles. The quantitative estimate of drug-likeness (QED) is 0.596. The van der Waals surface area contributed by atoms with Gasteiger partial charge in [-0.1, -0.05) is 18.7 Å². The van der Waals surface area contributed by atoms with Crippen molar-refractivity contribution in [2.24, 2.45) is 0 Å². The lowest BCUT2D eigenvalue weighted by Gasteiger charge is -2.12. The average Bonchev–Trinajstić information content (AvgIpc) is 3.05. The molecule has 1 saturated heterocycles. The molecule has 1 fully saturated rings. The van der Waals surface area contributed by atoms with Gasteiger partial charge in [0.25, 0.3) is 0 Å². The molecule has 0 aromatic heterocycles. The number of carbonyl (C=O) groups is 1. The van der Waals surface area contributed by atoms with Crippen molar-refractivity contribution in [2.45, 2.75) is 12.8 Å². The Balaban J connectivity index is 2.05. The number of likely N-dealkylation sites (tertiary alicyclic amines) is 1. The molecule has 0 N–H and O–H groups in total. The standard InChI is InChI=1S/C17H21NO3/c1-3-12-21-15-8-6-14(13-16(15)20-2)7-9-17(19)18-10-4-5-11-18/h3,6-9,13H,1,4-5,10-12H2,2H3. The van der Waals surface area contributed by atoms with E-state index >= 15 is 0 Å². The van der Waals surface area contributed by atoms with E-state index in [0.29, 0.717) is 18.1 Å². The van der Waals surface area contributed by atoms with Gasteiger partial charge in [0.2, 0.25) is 5.91 Å². The molecule has 1 aliphatic rings. The number of methoxy groups -OCH3 is 1. The van der Waals surface area contributed by atoms with E-state index in [1.165, 1.54) is 0 Å². The first-order chi connectivity index (χ1) is 10.2. The highest BCUT2D eigenvalue weighted by Crippen LogP contribution is 2.28. The Morgan fingerprint density at radius 1 is 1.33 bits per heavy atom. The maximum Gasteiger partial charge on any atom is 0.246 e. The summed E-state index contributed by atoms with van der Waals surface area (Å²) < 4.78 is 10.8. The average molecular weight is 287 g/mol. The minimum atomic E-state index is 0.0680. The molecule has 0 bridgehead atoms. The summed E-state index contributed by atoms with van der Waals surface area (Å²) in [7, 11) is 1.60. The molecule has 1 aliphatic heterocycles. The lowest BCUT2D eigenvalue weighted by atomic mass is 10.2. The number of hydrogen-bond acceptors (Lipinski definition) is 3. The van der Waals surface area contributed by atoms with Crippen LogP contribution in [0.25, 0.3) is 6.08 Å². The molecular formula is C17H21NO3. The van der Waals surface area contributed by atoms with Crippen molar-refractivity contribution in [3.05, 3.63) is 42.5 Å². The maximum absolute atomic E-state index is 12.0. The minimum absolute atomic E-state index is 0.0680. The van der Waals surface area contributed by atoms with Crippen LogP contribution in [0.1, 0.15) is 18.4 Å². The Bertz CT molecular complexity index is 531. The Morgan fingerprint density at radius 2 is 2.10 bits per heavy atom. The normalized spacial score (nSPS) is 14.4. The highest BCUT2D eigenvalue weighted by atomic mass is 16.5. The van der Waals surface area contributed by atoms with Crippen LogP contribution < -0.4 is 9.47 Å². The van der Waals surface area contributed by atoms with Crippen LogP contribution in [0.4, 0.5) is 0 Å². The minimum Gasteiger partial charge on any atom is -0.493 e. The first-order valence-corrected chi connectivity index (χ1v) is 7.13. The van der Waals surface area contributed by atoms with Gasteiger partial charge in [-0.3, -0.25) is 4.79 Å². The first-order valence-electron chi connectivity index (χ1n) is 7.13. The third-order valence-electron chi connectivity index (χ3n) is 3.38. The Kier molecular flexibility index (Phi) is 5.43. The summed E-state index contributed by atoms with van der Waals surface area (Å²) >= 11 is 0. The third-order valence-corrected chi connectivity index (χ3v) is 3.38. The van der Waals surface area contributed by atoms with Gasteiger partial charge in [-0.15, -0.1) is 0 Å². The second kappa shape index (κ2) is 7.53. The number of hydrogen-bond donors (Lipinski definition) is 0. The number of nitrogens with zero attached hydrogens (tertiary/aromatic N) is 1. The molecule has 4 nitrogen and oxygen atoms in total. The summed E-state index contributed by atoms with van der Waals surface area (Å²) in [5.41, 5.74) is 0.908. The molecule has 0 atom stereocenters. The van der Waals surface area contributed by atoms with Crippen LogP contribution in [0.15, 0.2) is 36.9 Å². The molecular weight excluding hydrogens is 266 g/mol. The van der Waals surface area contributed by atoms with E-state index in [2.05, 4.69) is 6.58 Å². The highest BCUT2D eigenvalue weighted by Gasteiger charge is 2.15. The van der Waals surface area contributed by atoms with Gasteiger partial charge in [-0.2, -0.15) is 0 Å². The number of benzene rings is 1. The fourth-order valence-corrected chi connectivity index (χ4v) is 2.27. The monoisotopic (exact) mass is 287 g/mol. The summed E-state index contributed by atoms with van der Waals surface area (Å²) in [6, 6.07) is 5.59. The van der Waals surface area contributed by atoms with Crippen molar-refractivity contribution in [1.29, 1.82) is 0 Å². The largest absolute Gasteiger partial charge is 0.493 e. The smallest absolute Gasteiger partial charge is 0.246 e. The van der Waals surface area contributed by atoms with E-state index in [-0.39, 0.29) is 5.91 Å². The van der Waals surface area contributed by atoms with Crippen LogP contribution >= 0.6 is 0 Å². The second-order valence-corrected chi connectivity index (χ2v) is 4.88. The molecule has 0 aliphatic carbocycles. The number of rotatable bonds is 6. The summed E-state index contributed by atoms with van der Waals surface area (Å²) in [6.45, 7) is 5.77.